The molecule has 4 nitrogen and oxygen atoms in total. The van der Waals surface area contributed by atoms with Gasteiger partial charge in [0.05, 0.1) is 5.56 Å². The van der Waals surface area contributed by atoms with Crippen LogP contribution in [0.25, 0.3) is 0 Å². The summed E-state index contributed by atoms with van der Waals surface area (Å²) in [5.74, 6) is -1.30. The summed E-state index contributed by atoms with van der Waals surface area (Å²) in [6.07, 6.45) is 3.25. The molecule has 3 rings (SSSR count). The van der Waals surface area contributed by atoms with Crippen LogP contribution in [0.2, 0.25) is 0 Å². The Kier molecular flexibility index (Phi) is 4.37. The predicted octanol–water partition coefficient (Wildman–Crippen LogP) is 3.22. The van der Waals surface area contributed by atoms with Crippen molar-refractivity contribution in [3.63, 3.8) is 0 Å². The molecule has 122 valence electrons. The highest BCUT2D eigenvalue weighted by molar-refractivity contribution is 5.94. The van der Waals surface area contributed by atoms with Crippen LogP contribution < -0.4 is 5.32 Å². The average molecular weight is 327 g/mol. The van der Waals surface area contributed by atoms with Gasteiger partial charge in [-0.25, -0.2) is 13.8 Å². The van der Waals surface area contributed by atoms with Gasteiger partial charge in [-0.05, 0) is 18.2 Å². The monoisotopic (exact) mass is 327 g/mol. The van der Waals surface area contributed by atoms with E-state index in [1.54, 1.807) is 48.3 Å². The fourth-order valence-electron chi connectivity index (χ4n) is 2.50. The smallest absolute Gasteiger partial charge is 0.255 e. The molecule has 6 heteroatoms. The molecule has 0 spiro atoms. The molecule has 0 radical (unpaired) electrons. The van der Waals surface area contributed by atoms with E-state index in [2.05, 4.69) is 10.3 Å². The molecule has 1 aromatic heterocycles. The second-order valence-corrected chi connectivity index (χ2v) is 5.30. The summed E-state index contributed by atoms with van der Waals surface area (Å²) in [6, 6.07) is 10.9. The number of halogens is 2. The summed E-state index contributed by atoms with van der Waals surface area (Å²) in [7, 11) is 1.74. The predicted molar refractivity (Wildman–Crippen MR) is 85.3 cm³/mol. The van der Waals surface area contributed by atoms with E-state index in [4.69, 9.17) is 0 Å². The van der Waals surface area contributed by atoms with Crippen LogP contribution in [0.1, 0.15) is 27.8 Å². The number of nitrogens with one attached hydrogen (secondary N) is 1. The Morgan fingerprint density at radius 3 is 2.38 bits per heavy atom. The van der Waals surface area contributed by atoms with E-state index in [9.17, 15) is 13.6 Å². The quantitative estimate of drug-likeness (QED) is 0.800. The molecule has 1 amide bonds. The van der Waals surface area contributed by atoms with Crippen molar-refractivity contribution in [2.45, 2.75) is 6.04 Å². The van der Waals surface area contributed by atoms with Gasteiger partial charge in [-0.2, -0.15) is 0 Å². The van der Waals surface area contributed by atoms with Gasteiger partial charge in [0.15, 0.2) is 0 Å². The number of amides is 1. The lowest BCUT2D eigenvalue weighted by Gasteiger charge is -2.20. The summed E-state index contributed by atoms with van der Waals surface area (Å²) in [4.78, 5) is 16.6. The molecule has 0 aliphatic rings. The van der Waals surface area contributed by atoms with Crippen LogP contribution in [0.15, 0.2) is 60.9 Å². The number of aromatic nitrogens is 2. The number of hydrogen-bond acceptors (Lipinski definition) is 2. The average Bonchev–Trinajstić information content (AvgIpc) is 2.99. The van der Waals surface area contributed by atoms with E-state index in [0.29, 0.717) is 5.82 Å². The van der Waals surface area contributed by atoms with Crippen LogP contribution in [-0.4, -0.2) is 15.5 Å². The molecule has 3 aromatic rings. The molecular weight excluding hydrogens is 312 g/mol. The Bertz CT molecular complexity index is 876. The zero-order valence-electron chi connectivity index (χ0n) is 12.9. The van der Waals surface area contributed by atoms with E-state index < -0.39 is 23.6 Å². The number of rotatable bonds is 4. The topological polar surface area (TPSA) is 46.9 Å². The summed E-state index contributed by atoms with van der Waals surface area (Å²) >= 11 is 0. The van der Waals surface area contributed by atoms with Crippen LogP contribution in [0.3, 0.4) is 0 Å². The van der Waals surface area contributed by atoms with Gasteiger partial charge < -0.3 is 9.88 Å². The van der Waals surface area contributed by atoms with Gasteiger partial charge in [-0.15, -0.1) is 0 Å². The van der Waals surface area contributed by atoms with Crippen LogP contribution in [-0.2, 0) is 7.05 Å². The van der Waals surface area contributed by atoms with Crippen molar-refractivity contribution in [3.05, 3.63) is 89.5 Å². The molecule has 0 unspecified atom stereocenters. The number of nitrogens with zero attached hydrogens (tertiary/aromatic N) is 2. The molecule has 1 heterocycles. The largest absolute Gasteiger partial charge is 0.338 e. The van der Waals surface area contributed by atoms with Crippen molar-refractivity contribution in [3.8, 4) is 0 Å². The molecule has 0 fully saturated rings. The van der Waals surface area contributed by atoms with Gasteiger partial charge in [0.25, 0.3) is 5.91 Å². The van der Waals surface area contributed by atoms with E-state index >= 15 is 0 Å². The van der Waals surface area contributed by atoms with Crippen molar-refractivity contribution >= 4 is 5.91 Å². The minimum absolute atomic E-state index is 0.104. The Balaban J connectivity index is 2.00. The first kappa shape index (κ1) is 15.9. The van der Waals surface area contributed by atoms with Gasteiger partial charge in [0.2, 0.25) is 0 Å². The first-order chi connectivity index (χ1) is 11.6. The summed E-state index contributed by atoms with van der Waals surface area (Å²) < 4.78 is 29.8. The molecular formula is C18H15F2N3O. The first-order valence-corrected chi connectivity index (χ1v) is 7.35. The lowest BCUT2D eigenvalue weighted by molar-refractivity contribution is 0.0936. The molecule has 0 bridgehead atoms. The molecule has 0 aliphatic carbocycles. The van der Waals surface area contributed by atoms with Crippen molar-refractivity contribution in [2.24, 2.45) is 7.05 Å². The van der Waals surface area contributed by atoms with Crippen molar-refractivity contribution in [1.29, 1.82) is 0 Å². The maximum Gasteiger partial charge on any atom is 0.255 e. The molecule has 1 atom stereocenters. The van der Waals surface area contributed by atoms with Gasteiger partial charge in [0, 0.05) is 25.0 Å². The Morgan fingerprint density at radius 2 is 1.75 bits per heavy atom. The van der Waals surface area contributed by atoms with Crippen LogP contribution >= 0.6 is 0 Å². The van der Waals surface area contributed by atoms with Gasteiger partial charge in [-0.3, -0.25) is 4.79 Å². The van der Waals surface area contributed by atoms with Crippen molar-refractivity contribution < 1.29 is 13.6 Å². The first-order valence-electron chi connectivity index (χ1n) is 7.35. The molecule has 2 aromatic carbocycles. The lowest BCUT2D eigenvalue weighted by Crippen LogP contribution is -2.32. The van der Waals surface area contributed by atoms with Gasteiger partial charge in [-0.1, -0.05) is 30.3 Å². The summed E-state index contributed by atoms with van der Waals surface area (Å²) in [5, 5.41) is 2.67. The molecule has 24 heavy (non-hydrogen) atoms. The second-order valence-electron chi connectivity index (χ2n) is 5.30. The number of aryl methyl sites for hydroxylation is 1. The van der Waals surface area contributed by atoms with E-state index in [1.807, 2.05) is 0 Å². The Morgan fingerprint density at radius 1 is 1.08 bits per heavy atom. The molecule has 0 saturated carbocycles. The normalized spacial score (nSPS) is 12.0. The van der Waals surface area contributed by atoms with E-state index in [0.717, 1.165) is 0 Å². The van der Waals surface area contributed by atoms with Crippen molar-refractivity contribution in [2.75, 3.05) is 0 Å². The fraction of sp³-hybridized carbons (Fsp3) is 0.111. The highest BCUT2D eigenvalue weighted by Gasteiger charge is 2.24. The highest BCUT2D eigenvalue weighted by atomic mass is 19.1. The number of carbonyl (C=O) groups excluding carboxylic acids is 1. The SMILES string of the molecule is Cn1ccnc1[C@@H](NC(=O)c1ccccc1F)c1ccccc1F. The van der Waals surface area contributed by atoms with E-state index in [-0.39, 0.29) is 11.1 Å². The summed E-state index contributed by atoms with van der Waals surface area (Å²) in [6.45, 7) is 0. The Hall–Kier alpha value is -3.02. The number of carbonyl (C=O) groups is 1. The van der Waals surface area contributed by atoms with Gasteiger partial charge >= 0.3 is 0 Å². The third kappa shape index (κ3) is 3.03. The molecule has 0 saturated heterocycles. The number of imidazole rings is 1. The summed E-state index contributed by atoms with van der Waals surface area (Å²) in [5.41, 5.74) is 0.157. The van der Waals surface area contributed by atoms with Crippen LogP contribution in [0.5, 0.6) is 0 Å². The maximum atomic E-state index is 14.2. The standard InChI is InChI=1S/C18H15F2N3O/c1-23-11-10-21-17(23)16(12-6-2-4-8-14(12)19)22-18(24)13-7-3-5-9-15(13)20/h2-11,16H,1H3,(H,22,24)/t16-/m0/s1. The minimum atomic E-state index is -0.835. The minimum Gasteiger partial charge on any atom is -0.338 e. The molecule has 1 N–H and O–H groups in total. The van der Waals surface area contributed by atoms with Crippen LogP contribution in [0, 0.1) is 11.6 Å². The zero-order valence-corrected chi connectivity index (χ0v) is 12.9. The highest BCUT2D eigenvalue weighted by Crippen LogP contribution is 2.23. The zero-order chi connectivity index (χ0) is 17.1. The number of benzene rings is 2. The second kappa shape index (κ2) is 6.62. The number of hydrogen-bond donors (Lipinski definition) is 1. The third-order valence-electron chi connectivity index (χ3n) is 3.73. The maximum absolute atomic E-state index is 14.2. The third-order valence-corrected chi connectivity index (χ3v) is 3.73. The van der Waals surface area contributed by atoms with Crippen molar-refractivity contribution in [1.82, 2.24) is 14.9 Å². The van der Waals surface area contributed by atoms with E-state index in [1.165, 1.54) is 24.3 Å². The van der Waals surface area contributed by atoms with Gasteiger partial charge in [0.1, 0.15) is 23.5 Å². The lowest BCUT2D eigenvalue weighted by atomic mass is 10.0. The van der Waals surface area contributed by atoms with Crippen LogP contribution in [0.4, 0.5) is 8.78 Å². The fourth-order valence-corrected chi connectivity index (χ4v) is 2.50. The Labute approximate surface area is 137 Å². The molecule has 0 aliphatic heterocycles.